The van der Waals surface area contributed by atoms with Gasteiger partial charge in [0, 0.05) is 6.08 Å². The molecule has 2 aromatic rings. The van der Waals surface area contributed by atoms with Gasteiger partial charge >= 0.3 is 5.97 Å². The molecule has 2 aromatic carbocycles. The van der Waals surface area contributed by atoms with E-state index in [4.69, 9.17) is 14.6 Å². The Morgan fingerprint density at radius 1 is 1.00 bits per heavy atom. The third-order valence-electron chi connectivity index (χ3n) is 2.64. The smallest absolute Gasteiger partial charge is 0.328 e. The molecule has 0 fully saturated rings. The van der Waals surface area contributed by atoms with E-state index in [2.05, 4.69) is 0 Å². The lowest BCUT2D eigenvalue weighted by atomic mass is 10.3. The number of benzene rings is 2. The molecule has 0 aliphatic heterocycles. The van der Waals surface area contributed by atoms with Gasteiger partial charge in [-0.05, 0) is 48.9 Å². The molecule has 0 saturated heterocycles. The fourth-order valence-electron chi connectivity index (χ4n) is 1.68. The summed E-state index contributed by atoms with van der Waals surface area (Å²) in [7, 11) is 0. The van der Waals surface area contributed by atoms with Crippen molar-refractivity contribution < 1.29 is 19.4 Å². The topological polar surface area (TPSA) is 55.8 Å². The summed E-state index contributed by atoms with van der Waals surface area (Å²) in [5.74, 6) is 1.18. The summed E-state index contributed by atoms with van der Waals surface area (Å²) in [4.78, 5) is 10.5. The van der Waals surface area contributed by atoms with E-state index >= 15 is 0 Å². The summed E-state index contributed by atoms with van der Waals surface area (Å²) in [5.41, 5.74) is 0.645. The van der Waals surface area contributed by atoms with Crippen molar-refractivity contribution in [2.45, 2.75) is 6.92 Å². The third kappa shape index (κ3) is 5.03. The van der Waals surface area contributed by atoms with Gasteiger partial charge in [-0.25, -0.2) is 4.79 Å². The highest BCUT2D eigenvalue weighted by molar-refractivity contribution is 5.80. The van der Waals surface area contributed by atoms with Crippen LogP contribution in [0.1, 0.15) is 6.92 Å². The van der Waals surface area contributed by atoms with E-state index in [0.29, 0.717) is 17.1 Å². The number of carbonyl (C=O) groups is 1. The zero-order valence-electron chi connectivity index (χ0n) is 11.7. The second-order valence-electron chi connectivity index (χ2n) is 4.50. The maximum atomic E-state index is 10.5. The molecule has 0 saturated carbocycles. The Kier molecular flexibility index (Phi) is 4.99. The van der Waals surface area contributed by atoms with Crippen LogP contribution in [0.15, 0.2) is 66.2 Å². The predicted molar refractivity (Wildman–Crippen MR) is 79.8 cm³/mol. The number of para-hydroxylation sites is 1. The Balaban J connectivity index is 1.92. The monoisotopic (exact) mass is 284 g/mol. The Bertz CT molecular complexity index is 615. The number of rotatable bonds is 6. The third-order valence-corrected chi connectivity index (χ3v) is 2.64. The highest BCUT2D eigenvalue weighted by Gasteiger charge is 2.00. The first-order valence-electron chi connectivity index (χ1n) is 6.49. The molecule has 0 bridgehead atoms. The Morgan fingerprint density at radius 2 is 1.57 bits per heavy atom. The molecule has 0 atom stereocenters. The quantitative estimate of drug-likeness (QED) is 0.818. The minimum atomic E-state index is -0.970. The fourth-order valence-corrected chi connectivity index (χ4v) is 1.68. The lowest BCUT2D eigenvalue weighted by Gasteiger charge is -2.08. The summed E-state index contributed by atoms with van der Waals surface area (Å²) < 4.78 is 11.2. The van der Waals surface area contributed by atoms with Crippen molar-refractivity contribution in [3.05, 3.63) is 66.2 Å². The Morgan fingerprint density at radius 3 is 2.19 bits per heavy atom. The second kappa shape index (κ2) is 7.14. The molecule has 0 aliphatic carbocycles. The minimum Gasteiger partial charge on any atom is -0.489 e. The molecule has 0 amide bonds. The van der Waals surface area contributed by atoms with Crippen molar-refractivity contribution >= 4 is 5.97 Å². The van der Waals surface area contributed by atoms with Crippen LogP contribution in [-0.2, 0) is 4.79 Å². The first kappa shape index (κ1) is 14.7. The van der Waals surface area contributed by atoms with Gasteiger partial charge in [-0.1, -0.05) is 18.2 Å². The summed E-state index contributed by atoms with van der Waals surface area (Å²) in [6, 6.07) is 16.7. The van der Waals surface area contributed by atoms with Crippen LogP contribution >= 0.6 is 0 Å². The number of hydrogen-bond donors (Lipinski definition) is 1. The minimum absolute atomic E-state index is 0.241. The first-order chi connectivity index (χ1) is 10.1. The standard InChI is InChI=1S/C17H16O4/c1-13(11-17(18)19)12-20-14-7-9-16(10-8-14)21-15-5-3-2-4-6-15/h2-11H,12H2,1H3,(H,18,19). The van der Waals surface area contributed by atoms with Crippen molar-refractivity contribution in [2.24, 2.45) is 0 Å². The van der Waals surface area contributed by atoms with Crippen molar-refractivity contribution in [2.75, 3.05) is 6.61 Å². The second-order valence-corrected chi connectivity index (χ2v) is 4.50. The number of hydrogen-bond acceptors (Lipinski definition) is 3. The van der Waals surface area contributed by atoms with E-state index in [-0.39, 0.29) is 6.61 Å². The van der Waals surface area contributed by atoms with Crippen molar-refractivity contribution in [1.29, 1.82) is 0 Å². The van der Waals surface area contributed by atoms with Crippen LogP contribution in [0.3, 0.4) is 0 Å². The molecule has 1 N–H and O–H groups in total. The number of carboxylic acids is 1. The van der Waals surface area contributed by atoms with E-state index in [1.54, 1.807) is 31.2 Å². The van der Waals surface area contributed by atoms with Gasteiger partial charge in [0.25, 0.3) is 0 Å². The van der Waals surface area contributed by atoms with E-state index in [1.807, 2.05) is 30.3 Å². The van der Waals surface area contributed by atoms with Crippen LogP contribution in [0.5, 0.6) is 17.2 Å². The molecule has 108 valence electrons. The summed E-state index contributed by atoms with van der Waals surface area (Å²) in [6.07, 6.45) is 1.13. The zero-order chi connectivity index (χ0) is 15.1. The molecule has 0 aromatic heterocycles. The summed E-state index contributed by atoms with van der Waals surface area (Å²) in [5, 5.41) is 8.61. The van der Waals surface area contributed by atoms with Gasteiger partial charge in [-0.15, -0.1) is 0 Å². The summed E-state index contributed by atoms with van der Waals surface area (Å²) in [6.45, 7) is 1.95. The lowest BCUT2D eigenvalue weighted by molar-refractivity contribution is -0.131. The fraction of sp³-hybridized carbons (Fsp3) is 0.118. The molecule has 4 heteroatoms. The molecular formula is C17H16O4. The van der Waals surface area contributed by atoms with Gasteiger partial charge in [0.05, 0.1) is 0 Å². The van der Waals surface area contributed by atoms with Crippen molar-refractivity contribution in [1.82, 2.24) is 0 Å². The average molecular weight is 284 g/mol. The molecule has 2 rings (SSSR count). The van der Waals surface area contributed by atoms with Gasteiger partial charge in [-0.3, -0.25) is 0 Å². The molecule has 0 unspecified atom stereocenters. The molecule has 0 heterocycles. The molecule has 0 aliphatic rings. The van der Waals surface area contributed by atoms with Gasteiger partial charge in [0.2, 0.25) is 0 Å². The first-order valence-corrected chi connectivity index (χ1v) is 6.49. The van der Waals surface area contributed by atoms with Gasteiger partial charge < -0.3 is 14.6 Å². The van der Waals surface area contributed by atoms with Crippen LogP contribution < -0.4 is 9.47 Å². The Hall–Kier alpha value is -2.75. The molecular weight excluding hydrogens is 268 g/mol. The van der Waals surface area contributed by atoms with Crippen LogP contribution in [0, 0.1) is 0 Å². The number of carboxylic acid groups (broad SMARTS) is 1. The van der Waals surface area contributed by atoms with Gasteiger partial charge in [-0.2, -0.15) is 0 Å². The zero-order valence-corrected chi connectivity index (χ0v) is 11.7. The van der Waals surface area contributed by atoms with Crippen LogP contribution in [0.25, 0.3) is 0 Å². The van der Waals surface area contributed by atoms with Gasteiger partial charge in [0.1, 0.15) is 23.9 Å². The van der Waals surface area contributed by atoms with Crippen LogP contribution in [0.2, 0.25) is 0 Å². The van der Waals surface area contributed by atoms with Crippen LogP contribution in [0.4, 0.5) is 0 Å². The van der Waals surface area contributed by atoms with Crippen molar-refractivity contribution in [3.63, 3.8) is 0 Å². The number of aliphatic carboxylic acids is 1. The Labute approximate surface area is 123 Å². The van der Waals surface area contributed by atoms with Crippen molar-refractivity contribution in [3.8, 4) is 17.2 Å². The molecule has 21 heavy (non-hydrogen) atoms. The highest BCUT2D eigenvalue weighted by Crippen LogP contribution is 2.23. The highest BCUT2D eigenvalue weighted by atomic mass is 16.5. The van der Waals surface area contributed by atoms with Crippen LogP contribution in [-0.4, -0.2) is 17.7 Å². The lowest BCUT2D eigenvalue weighted by Crippen LogP contribution is -2.01. The largest absolute Gasteiger partial charge is 0.489 e. The molecule has 0 spiro atoms. The number of ether oxygens (including phenoxy) is 2. The SMILES string of the molecule is CC(=CC(=O)O)COc1ccc(Oc2ccccc2)cc1. The maximum Gasteiger partial charge on any atom is 0.328 e. The van der Waals surface area contributed by atoms with E-state index in [0.717, 1.165) is 11.8 Å². The van der Waals surface area contributed by atoms with E-state index in [1.165, 1.54) is 0 Å². The maximum absolute atomic E-state index is 10.5. The predicted octanol–water partition coefficient (Wildman–Crippen LogP) is 3.89. The van der Waals surface area contributed by atoms with Gasteiger partial charge in [0.15, 0.2) is 0 Å². The normalized spacial score (nSPS) is 11.0. The molecule has 0 radical (unpaired) electrons. The average Bonchev–Trinajstić information content (AvgIpc) is 2.47. The molecule has 4 nitrogen and oxygen atoms in total. The summed E-state index contributed by atoms with van der Waals surface area (Å²) >= 11 is 0. The van der Waals surface area contributed by atoms with E-state index < -0.39 is 5.97 Å². The van der Waals surface area contributed by atoms with E-state index in [9.17, 15) is 4.79 Å².